The van der Waals surface area contributed by atoms with Gasteiger partial charge in [-0.2, -0.15) is 5.26 Å². The molecule has 0 aromatic heterocycles. The molecule has 3 unspecified atom stereocenters. The van der Waals surface area contributed by atoms with Crippen LogP contribution in [0, 0.1) is 29.1 Å². The first-order chi connectivity index (χ1) is 14.0. The van der Waals surface area contributed by atoms with Crippen molar-refractivity contribution in [1.29, 1.82) is 5.26 Å². The normalized spacial score (nSPS) is 38.4. The SMILES string of the molecule is COC1CC(OC2CCC(NC(=O)C3CNC(C(C)C)NC3)CC2)CCC1C#N. The van der Waals surface area contributed by atoms with Crippen LogP contribution in [0.3, 0.4) is 0 Å². The lowest BCUT2D eigenvalue weighted by Gasteiger charge is -2.37. The minimum Gasteiger partial charge on any atom is -0.380 e. The molecule has 3 atom stereocenters. The Morgan fingerprint density at radius 1 is 1.07 bits per heavy atom. The first kappa shape index (κ1) is 22.5. The molecule has 3 fully saturated rings. The summed E-state index contributed by atoms with van der Waals surface area (Å²) in [7, 11) is 1.69. The van der Waals surface area contributed by atoms with E-state index in [1.165, 1.54) is 0 Å². The Morgan fingerprint density at radius 2 is 1.72 bits per heavy atom. The molecule has 1 aliphatic heterocycles. The monoisotopic (exact) mass is 406 g/mol. The van der Waals surface area contributed by atoms with Gasteiger partial charge < -0.3 is 25.4 Å². The van der Waals surface area contributed by atoms with E-state index in [2.05, 4.69) is 35.9 Å². The minimum atomic E-state index is -0.0117. The summed E-state index contributed by atoms with van der Waals surface area (Å²) in [6.45, 7) is 5.84. The molecule has 1 heterocycles. The van der Waals surface area contributed by atoms with Gasteiger partial charge in [-0.3, -0.25) is 4.79 Å². The van der Waals surface area contributed by atoms with Crippen molar-refractivity contribution in [1.82, 2.24) is 16.0 Å². The standard InChI is InChI=1S/C22H38N4O3/c1-14(2)21-24-12-16(13-25-21)22(27)26-17-5-8-18(9-6-17)29-19-7-4-15(11-23)20(10-19)28-3/h14-21,24-25H,4-10,12-13H2,1-3H3,(H,26,27). The number of ether oxygens (including phenoxy) is 2. The van der Waals surface area contributed by atoms with Crippen LogP contribution in [0.25, 0.3) is 0 Å². The summed E-state index contributed by atoms with van der Waals surface area (Å²) in [6.07, 6.45) is 7.25. The van der Waals surface area contributed by atoms with Crippen LogP contribution in [0.2, 0.25) is 0 Å². The fourth-order valence-electron chi connectivity index (χ4n) is 4.90. The van der Waals surface area contributed by atoms with Gasteiger partial charge in [0.2, 0.25) is 5.91 Å². The molecule has 2 aliphatic carbocycles. The fourth-order valence-corrected chi connectivity index (χ4v) is 4.90. The molecule has 3 N–H and O–H groups in total. The average Bonchev–Trinajstić information content (AvgIpc) is 2.75. The zero-order chi connectivity index (χ0) is 20.8. The van der Waals surface area contributed by atoms with E-state index in [4.69, 9.17) is 9.47 Å². The van der Waals surface area contributed by atoms with Gasteiger partial charge in [0.1, 0.15) is 0 Å². The molecule has 1 saturated heterocycles. The maximum atomic E-state index is 12.6. The van der Waals surface area contributed by atoms with E-state index in [1.807, 2.05) is 0 Å². The Kier molecular flexibility index (Phi) is 8.31. The lowest BCUT2D eigenvalue weighted by Crippen LogP contribution is -2.58. The first-order valence-corrected chi connectivity index (χ1v) is 11.3. The van der Waals surface area contributed by atoms with Crippen LogP contribution >= 0.6 is 0 Å². The molecule has 0 aromatic rings. The zero-order valence-electron chi connectivity index (χ0n) is 18.2. The highest BCUT2D eigenvalue weighted by Crippen LogP contribution is 2.31. The fraction of sp³-hybridized carbons (Fsp3) is 0.909. The molecule has 3 aliphatic rings. The molecule has 0 spiro atoms. The Hall–Kier alpha value is -1.20. The third-order valence-electron chi connectivity index (χ3n) is 6.82. The van der Waals surface area contributed by atoms with Gasteiger partial charge in [0, 0.05) is 32.7 Å². The molecule has 0 aromatic carbocycles. The van der Waals surface area contributed by atoms with Crippen molar-refractivity contribution in [2.45, 2.75) is 89.3 Å². The van der Waals surface area contributed by atoms with Gasteiger partial charge >= 0.3 is 0 Å². The van der Waals surface area contributed by atoms with E-state index in [-0.39, 0.29) is 42.1 Å². The van der Waals surface area contributed by atoms with E-state index in [0.717, 1.165) is 58.0 Å². The van der Waals surface area contributed by atoms with E-state index in [0.29, 0.717) is 12.1 Å². The van der Waals surface area contributed by atoms with Crippen LogP contribution < -0.4 is 16.0 Å². The smallest absolute Gasteiger partial charge is 0.225 e. The predicted molar refractivity (Wildman–Crippen MR) is 111 cm³/mol. The van der Waals surface area contributed by atoms with Gasteiger partial charge in [0.15, 0.2) is 0 Å². The Bertz CT molecular complexity index is 563. The van der Waals surface area contributed by atoms with Crippen LogP contribution in [0.15, 0.2) is 0 Å². The number of nitrogens with zero attached hydrogens (tertiary/aromatic N) is 1. The second kappa shape index (κ2) is 10.7. The summed E-state index contributed by atoms with van der Waals surface area (Å²) in [5.41, 5.74) is 0. The highest BCUT2D eigenvalue weighted by molar-refractivity contribution is 5.79. The number of rotatable bonds is 6. The second-order valence-corrected chi connectivity index (χ2v) is 9.30. The van der Waals surface area contributed by atoms with Crippen molar-refractivity contribution >= 4 is 5.91 Å². The van der Waals surface area contributed by atoms with Gasteiger partial charge in [0.05, 0.1) is 42.4 Å². The molecule has 29 heavy (non-hydrogen) atoms. The van der Waals surface area contributed by atoms with Gasteiger partial charge in [-0.15, -0.1) is 0 Å². The van der Waals surface area contributed by atoms with Crippen LogP contribution in [0.5, 0.6) is 0 Å². The number of carbonyl (C=O) groups is 1. The maximum Gasteiger partial charge on any atom is 0.225 e. The number of hydrogen-bond acceptors (Lipinski definition) is 6. The summed E-state index contributed by atoms with van der Waals surface area (Å²) in [4.78, 5) is 12.6. The lowest BCUT2D eigenvalue weighted by molar-refractivity contribution is -0.127. The van der Waals surface area contributed by atoms with Gasteiger partial charge in [-0.25, -0.2) is 0 Å². The van der Waals surface area contributed by atoms with Crippen LogP contribution in [-0.2, 0) is 14.3 Å². The van der Waals surface area contributed by atoms with E-state index < -0.39 is 0 Å². The van der Waals surface area contributed by atoms with Gasteiger partial charge in [-0.1, -0.05) is 13.8 Å². The number of nitriles is 1. The van der Waals surface area contributed by atoms with Crippen LogP contribution in [0.4, 0.5) is 0 Å². The summed E-state index contributed by atoms with van der Waals surface area (Å²) >= 11 is 0. The first-order valence-electron chi connectivity index (χ1n) is 11.3. The van der Waals surface area contributed by atoms with Crippen molar-refractivity contribution in [3.8, 4) is 6.07 Å². The van der Waals surface area contributed by atoms with E-state index in [1.54, 1.807) is 7.11 Å². The molecule has 0 radical (unpaired) electrons. The minimum absolute atomic E-state index is 0.000250. The summed E-state index contributed by atoms with van der Waals surface area (Å²) in [6, 6.07) is 2.61. The Labute approximate surface area is 175 Å². The van der Waals surface area contributed by atoms with E-state index in [9.17, 15) is 10.1 Å². The summed E-state index contributed by atoms with van der Waals surface area (Å²) in [5.74, 6) is 0.670. The summed E-state index contributed by atoms with van der Waals surface area (Å²) < 4.78 is 11.8. The number of amides is 1. The Balaban J connectivity index is 1.35. The third-order valence-corrected chi connectivity index (χ3v) is 6.82. The van der Waals surface area contributed by atoms with E-state index >= 15 is 0 Å². The van der Waals surface area contributed by atoms with Crippen molar-refractivity contribution in [2.75, 3.05) is 20.2 Å². The molecule has 3 rings (SSSR count). The predicted octanol–water partition coefficient (Wildman–Crippen LogP) is 1.93. The highest BCUT2D eigenvalue weighted by Gasteiger charge is 2.34. The van der Waals surface area contributed by atoms with Gasteiger partial charge in [0.25, 0.3) is 0 Å². The van der Waals surface area contributed by atoms with Crippen molar-refractivity contribution in [3.63, 3.8) is 0 Å². The third kappa shape index (κ3) is 6.14. The quantitative estimate of drug-likeness (QED) is 0.624. The average molecular weight is 407 g/mol. The van der Waals surface area contributed by atoms with Crippen molar-refractivity contribution < 1.29 is 14.3 Å². The summed E-state index contributed by atoms with van der Waals surface area (Å²) in [5, 5.41) is 19.3. The number of nitrogens with one attached hydrogen (secondary N) is 3. The topological polar surface area (TPSA) is 95.4 Å². The lowest BCUT2D eigenvalue weighted by atomic mass is 9.85. The zero-order valence-corrected chi connectivity index (χ0v) is 18.2. The number of methoxy groups -OCH3 is 1. The molecule has 164 valence electrons. The second-order valence-electron chi connectivity index (χ2n) is 9.30. The highest BCUT2D eigenvalue weighted by atomic mass is 16.5. The molecular formula is C22H38N4O3. The number of hydrogen-bond donors (Lipinski definition) is 3. The molecular weight excluding hydrogens is 368 g/mol. The largest absolute Gasteiger partial charge is 0.380 e. The van der Waals surface area contributed by atoms with Crippen molar-refractivity contribution in [3.05, 3.63) is 0 Å². The van der Waals surface area contributed by atoms with Gasteiger partial charge in [-0.05, 0) is 44.4 Å². The van der Waals surface area contributed by atoms with Crippen LogP contribution in [0.1, 0.15) is 58.8 Å². The molecule has 7 nitrogen and oxygen atoms in total. The van der Waals surface area contributed by atoms with Crippen LogP contribution in [-0.4, -0.2) is 56.6 Å². The maximum absolute atomic E-state index is 12.6. The molecule has 1 amide bonds. The molecule has 0 bridgehead atoms. The molecule has 7 heteroatoms. The Morgan fingerprint density at radius 3 is 2.31 bits per heavy atom. The van der Waals surface area contributed by atoms with Crippen molar-refractivity contribution in [2.24, 2.45) is 17.8 Å². The molecule has 2 saturated carbocycles. The number of carbonyl (C=O) groups excluding carboxylic acids is 1.